The van der Waals surface area contributed by atoms with E-state index in [0.717, 1.165) is 32.6 Å². The largest absolute Gasteiger partial charge is 0.314 e. The Labute approximate surface area is 98.8 Å². The fourth-order valence-electron chi connectivity index (χ4n) is 1.79. The smallest absolute Gasteiger partial charge is 0.215 e. The van der Waals surface area contributed by atoms with Crippen molar-refractivity contribution in [1.82, 2.24) is 14.5 Å². The summed E-state index contributed by atoms with van der Waals surface area (Å²) in [6.07, 6.45) is 0.864. The van der Waals surface area contributed by atoms with Gasteiger partial charge in [-0.05, 0) is 6.42 Å². The van der Waals surface area contributed by atoms with E-state index in [1.807, 2.05) is 6.92 Å². The van der Waals surface area contributed by atoms with Crippen LogP contribution in [0.15, 0.2) is 0 Å². The van der Waals surface area contributed by atoms with Crippen LogP contribution in [0.4, 0.5) is 0 Å². The zero-order chi connectivity index (χ0) is 12.0. The minimum absolute atomic E-state index is 0.240. The van der Waals surface area contributed by atoms with Gasteiger partial charge in [-0.2, -0.15) is 0 Å². The van der Waals surface area contributed by atoms with E-state index in [0.29, 0.717) is 13.1 Å². The highest BCUT2D eigenvalue weighted by atomic mass is 32.2. The second-order valence-corrected chi connectivity index (χ2v) is 6.42. The summed E-state index contributed by atoms with van der Waals surface area (Å²) in [4.78, 5) is 2.20. The molecule has 0 saturated carbocycles. The Kier molecular flexibility index (Phi) is 5.68. The average molecular weight is 249 g/mol. The molecule has 0 amide bonds. The van der Waals surface area contributed by atoms with Crippen molar-refractivity contribution in [3.63, 3.8) is 0 Å². The third-order valence-corrected chi connectivity index (χ3v) is 4.72. The minimum Gasteiger partial charge on any atom is -0.314 e. The van der Waals surface area contributed by atoms with E-state index >= 15 is 0 Å². The first-order valence-corrected chi connectivity index (χ1v) is 7.54. The molecule has 16 heavy (non-hydrogen) atoms. The molecular weight excluding hydrogens is 226 g/mol. The van der Waals surface area contributed by atoms with E-state index in [1.165, 1.54) is 4.31 Å². The van der Waals surface area contributed by atoms with Crippen molar-refractivity contribution in [2.45, 2.75) is 13.3 Å². The van der Waals surface area contributed by atoms with E-state index in [-0.39, 0.29) is 5.75 Å². The summed E-state index contributed by atoms with van der Waals surface area (Å²) in [5.41, 5.74) is 0. The summed E-state index contributed by atoms with van der Waals surface area (Å²) in [6, 6.07) is 0. The van der Waals surface area contributed by atoms with Crippen LogP contribution in [0.5, 0.6) is 0 Å². The summed E-state index contributed by atoms with van der Waals surface area (Å²) in [5.74, 6) is 0.240. The van der Waals surface area contributed by atoms with Gasteiger partial charge in [-0.1, -0.05) is 6.92 Å². The van der Waals surface area contributed by atoms with Gasteiger partial charge in [0, 0.05) is 46.3 Å². The van der Waals surface area contributed by atoms with Gasteiger partial charge in [0.15, 0.2) is 0 Å². The average Bonchev–Trinajstić information content (AvgIpc) is 2.28. The number of nitrogens with zero attached hydrogens (tertiary/aromatic N) is 2. The summed E-state index contributed by atoms with van der Waals surface area (Å²) >= 11 is 0. The molecule has 1 aliphatic rings. The fourth-order valence-corrected chi connectivity index (χ4v) is 3.05. The van der Waals surface area contributed by atoms with Crippen LogP contribution < -0.4 is 5.32 Å². The highest BCUT2D eigenvalue weighted by Crippen LogP contribution is 2.01. The fraction of sp³-hybridized carbons (Fsp3) is 1.00. The van der Waals surface area contributed by atoms with Crippen molar-refractivity contribution in [2.75, 3.05) is 52.1 Å². The third-order valence-electron chi connectivity index (χ3n) is 2.89. The summed E-state index contributed by atoms with van der Waals surface area (Å²) in [7, 11) is -1.39. The summed E-state index contributed by atoms with van der Waals surface area (Å²) in [6.45, 7) is 7.08. The van der Waals surface area contributed by atoms with E-state index in [2.05, 4.69) is 10.2 Å². The van der Waals surface area contributed by atoms with Crippen molar-refractivity contribution in [3.05, 3.63) is 0 Å². The highest BCUT2D eigenvalue weighted by Gasteiger charge is 2.19. The number of nitrogens with one attached hydrogen (secondary N) is 1. The molecule has 6 heteroatoms. The maximum absolute atomic E-state index is 11.8. The zero-order valence-corrected chi connectivity index (χ0v) is 11.1. The van der Waals surface area contributed by atoms with Gasteiger partial charge in [-0.15, -0.1) is 0 Å². The second kappa shape index (κ2) is 6.54. The Bertz CT molecular complexity index is 286. The lowest BCUT2D eigenvalue weighted by molar-refractivity contribution is 0.252. The van der Waals surface area contributed by atoms with Crippen LogP contribution in [0.2, 0.25) is 0 Å². The Morgan fingerprint density at radius 1 is 1.31 bits per heavy atom. The van der Waals surface area contributed by atoms with Gasteiger partial charge in [0.1, 0.15) is 0 Å². The maximum Gasteiger partial charge on any atom is 0.215 e. The Hall–Kier alpha value is -0.170. The van der Waals surface area contributed by atoms with Gasteiger partial charge < -0.3 is 5.32 Å². The van der Waals surface area contributed by atoms with Crippen LogP contribution in [-0.2, 0) is 10.0 Å². The quantitative estimate of drug-likeness (QED) is 0.693. The minimum atomic E-state index is -3.05. The van der Waals surface area contributed by atoms with Gasteiger partial charge in [-0.3, -0.25) is 4.90 Å². The Morgan fingerprint density at radius 2 is 1.94 bits per heavy atom. The van der Waals surface area contributed by atoms with Crippen molar-refractivity contribution in [3.8, 4) is 0 Å². The van der Waals surface area contributed by atoms with E-state index in [1.54, 1.807) is 7.05 Å². The first kappa shape index (κ1) is 13.9. The van der Waals surface area contributed by atoms with Crippen LogP contribution in [0.1, 0.15) is 13.3 Å². The standard InChI is InChI=1S/C10H23N3O2S/c1-3-6-12(2)16(14,15)10-9-13-7-4-11-5-8-13/h11H,3-10H2,1-2H3. The van der Waals surface area contributed by atoms with Gasteiger partial charge in [0.25, 0.3) is 0 Å². The molecule has 96 valence electrons. The van der Waals surface area contributed by atoms with Crippen LogP contribution in [0, 0.1) is 0 Å². The number of sulfonamides is 1. The summed E-state index contributed by atoms with van der Waals surface area (Å²) in [5, 5.41) is 3.25. The van der Waals surface area contributed by atoms with Crippen LogP contribution in [0.25, 0.3) is 0 Å². The molecule has 0 aromatic rings. The molecule has 1 aliphatic heterocycles. The van der Waals surface area contributed by atoms with E-state index < -0.39 is 10.0 Å². The second-order valence-electron chi connectivity index (χ2n) is 4.23. The van der Waals surface area contributed by atoms with Crippen LogP contribution >= 0.6 is 0 Å². The molecule has 0 bridgehead atoms. The lowest BCUT2D eigenvalue weighted by atomic mass is 10.4. The molecule has 0 spiro atoms. The molecule has 1 rings (SSSR count). The van der Waals surface area contributed by atoms with Crippen LogP contribution in [0.3, 0.4) is 0 Å². The van der Waals surface area contributed by atoms with E-state index in [9.17, 15) is 8.42 Å². The highest BCUT2D eigenvalue weighted by molar-refractivity contribution is 7.89. The van der Waals surface area contributed by atoms with Crippen molar-refractivity contribution >= 4 is 10.0 Å². The van der Waals surface area contributed by atoms with Crippen molar-refractivity contribution in [2.24, 2.45) is 0 Å². The van der Waals surface area contributed by atoms with Gasteiger partial charge in [-0.25, -0.2) is 12.7 Å². The Morgan fingerprint density at radius 3 is 2.50 bits per heavy atom. The molecule has 0 aromatic carbocycles. The number of hydrogen-bond acceptors (Lipinski definition) is 4. The number of hydrogen-bond donors (Lipinski definition) is 1. The lowest BCUT2D eigenvalue weighted by Gasteiger charge is -2.27. The normalized spacial score (nSPS) is 19.2. The van der Waals surface area contributed by atoms with Crippen LogP contribution in [-0.4, -0.2) is 69.7 Å². The molecule has 0 aromatic heterocycles. The summed E-state index contributed by atoms with van der Waals surface area (Å²) < 4.78 is 25.2. The lowest BCUT2D eigenvalue weighted by Crippen LogP contribution is -2.46. The predicted molar refractivity (Wildman–Crippen MR) is 66.0 cm³/mol. The van der Waals surface area contributed by atoms with Gasteiger partial charge in [0.2, 0.25) is 10.0 Å². The number of rotatable bonds is 6. The number of piperazine rings is 1. The third kappa shape index (κ3) is 4.37. The molecule has 0 aliphatic carbocycles. The molecule has 0 atom stereocenters. The monoisotopic (exact) mass is 249 g/mol. The molecule has 0 unspecified atom stereocenters. The molecular formula is C10H23N3O2S. The molecule has 1 fully saturated rings. The van der Waals surface area contributed by atoms with Crippen molar-refractivity contribution < 1.29 is 8.42 Å². The van der Waals surface area contributed by atoms with Gasteiger partial charge >= 0.3 is 0 Å². The first-order chi connectivity index (χ1) is 7.56. The van der Waals surface area contributed by atoms with E-state index in [4.69, 9.17) is 0 Å². The molecule has 1 heterocycles. The molecule has 1 N–H and O–H groups in total. The Balaban J connectivity index is 2.34. The topological polar surface area (TPSA) is 52.7 Å². The van der Waals surface area contributed by atoms with Crippen molar-refractivity contribution in [1.29, 1.82) is 0 Å². The van der Waals surface area contributed by atoms with Gasteiger partial charge in [0.05, 0.1) is 5.75 Å². The molecule has 1 saturated heterocycles. The first-order valence-electron chi connectivity index (χ1n) is 5.93. The maximum atomic E-state index is 11.8. The predicted octanol–water partition coefficient (Wildman–Crippen LogP) is -0.437. The molecule has 0 radical (unpaired) electrons. The SMILES string of the molecule is CCCN(C)S(=O)(=O)CCN1CCNCC1. The molecule has 5 nitrogen and oxygen atoms in total. The zero-order valence-electron chi connectivity index (χ0n) is 10.3.